The number of carbonyl (C=O) groups excluding carboxylic acids is 1. The highest BCUT2D eigenvalue weighted by molar-refractivity contribution is 5.74. The lowest BCUT2D eigenvalue weighted by Crippen LogP contribution is -2.51. The van der Waals surface area contributed by atoms with Gasteiger partial charge in [-0.05, 0) is 19.8 Å². The number of hydrogen-bond donors (Lipinski definition) is 3. The lowest BCUT2D eigenvalue weighted by molar-refractivity contribution is 0.181. The number of rotatable bonds is 4. The summed E-state index contributed by atoms with van der Waals surface area (Å²) in [7, 11) is 0. The zero-order valence-corrected chi connectivity index (χ0v) is 8.85. The van der Waals surface area contributed by atoms with Gasteiger partial charge in [0.2, 0.25) is 0 Å². The maximum atomic E-state index is 11.2. The first-order valence-electron chi connectivity index (χ1n) is 4.54. The third-order valence-corrected chi connectivity index (χ3v) is 1.52. The molecule has 0 saturated heterocycles. The Morgan fingerprint density at radius 1 is 1.46 bits per heavy atom. The molecule has 0 aromatic heterocycles. The Kier molecular flexibility index (Phi) is 4.77. The van der Waals surface area contributed by atoms with Crippen LogP contribution in [-0.2, 0) is 0 Å². The van der Waals surface area contributed by atoms with E-state index < -0.39 is 5.54 Å². The zero-order chi connectivity index (χ0) is 10.5. The summed E-state index contributed by atoms with van der Waals surface area (Å²) in [6, 6.07) is -0.229. The van der Waals surface area contributed by atoms with Crippen LogP contribution in [0.3, 0.4) is 0 Å². The second-order valence-corrected chi connectivity index (χ2v) is 4.27. The Bertz CT molecular complexity index is 167. The van der Waals surface area contributed by atoms with Crippen molar-refractivity contribution < 1.29 is 9.90 Å². The molecule has 0 atom stereocenters. The first-order chi connectivity index (χ1) is 5.87. The van der Waals surface area contributed by atoms with Gasteiger partial charge in [-0.25, -0.2) is 4.79 Å². The van der Waals surface area contributed by atoms with Crippen molar-refractivity contribution in [3.63, 3.8) is 0 Å². The fraction of sp³-hybridized carbons (Fsp3) is 0.889. The van der Waals surface area contributed by atoms with Gasteiger partial charge in [0.1, 0.15) is 0 Å². The number of urea groups is 1. The van der Waals surface area contributed by atoms with Crippen LogP contribution in [0, 0.1) is 5.92 Å². The van der Waals surface area contributed by atoms with Gasteiger partial charge in [0, 0.05) is 6.54 Å². The van der Waals surface area contributed by atoms with Gasteiger partial charge in [0.05, 0.1) is 12.1 Å². The topological polar surface area (TPSA) is 61.4 Å². The number of aliphatic hydroxyl groups is 1. The first kappa shape index (κ1) is 12.2. The van der Waals surface area contributed by atoms with E-state index >= 15 is 0 Å². The van der Waals surface area contributed by atoms with Crippen LogP contribution in [0.5, 0.6) is 0 Å². The Labute approximate surface area is 79.7 Å². The lowest BCUT2D eigenvalue weighted by Gasteiger charge is -2.23. The summed E-state index contributed by atoms with van der Waals surface area (Å²) in [5, 5.41) is 14.3. The summed E-state index contributed by atoms with van der Waals surface area (Å²) in [5.41, 5.74) is -0.555. The van der Waals surface area contributed by atoms with E-state index in [1.165, 1.54) is 0 Å². The third kappa shape index (κ3) is 6.40. The largest absolute Gasteiger partial charge is 0.394 e. The number of carbonyl (C=O) groups is 1. The van der Waals surface area contributed by atoms with Crippen molar-refractivity contribution in [2.45, 2.75) is 33.2 Å². The second kappa shape index (κ2) is 5.07. The number of hydrogen-bond acceptors (Lipinski definition) is 2. The summed E-state index contributed by atoms with van der Waals surface area (Å²) in [4.78, 5) is 11.2. The minimum atomic E-state index is -0.555. The van der Waals surface area contributed by atoms with Crippen molar-refractivity contribution in [2.75, 3.05) is 13.2 Å². The predicted octanol–water partition coefficient (Wildman–Crippen LogP) is 0.712. The van der Waals surface area contributed by atoms with Crippen LogP contribution in [0.25, 0.3) is 0 Å². The average molecular weight is 188 g/mol. The molecule has 2 amide bonds. The van der Waals surface area contributed by atoms with Gasteiger partial charge in [-0.15, -0.1) is 0 Å². The Balaban J connectivity index is 3.74. The molecule has 0 unspecified atom stereocenters. The second-order valence-electron chi connectivity index (χ2n) is 4.27. The number of nitrogens with one attached hydrogen (secondary N) is 2. The van der Waals surface area contributed by atoms with Crippen LogP contribution in [0.4, 0.5) is 4.79 Å². The molecule has 0 heterocycles. The van der Waals surface area contributed by atoms with Gasteiger partial charge in [-0.3, -0.25) is 0 Å². The molecule has 3 N–H and O–H groups in total. The predicted molar refractivity (Wildman–Crippen MR) is 52.5 cm³/mol. The minimum Gasteiger partial charge on any atom is -0.394 e. The SMILES string of the molecule is CC(C)CNC(=O)NC(C)(C)CO. The summed E-state index contributed by atoms with van der Waals surface area (Å²) in [6.07, 6.45) is 0. The van der Waals surface area contributed by atoms with Gasteiger partial charge >= 0.3 is 6.03 Å². The van der Waals surface area contributed by atoms with Gasteiger partial charge in [0.15, 0.2) is 0 Å². The van der Waals surface area contributed by atoms with Gasteiger partial charge in [0.25, 0.3) is 0 Å². The molecule has 0 fully saturated rings. The molecule has 0 aliphatic heterocycles. The molecule has 0 aromatic rings. The van der Waals surface area contributed by atoms with E-state index in [1.807, 2.05) is 13.8 Å². The Morgan fingerprint density at radius 3 is 2.38 bits per heavy atom. The molecule has 0 rings (SSSR count). The summed E-state index contributed by atoms with van der Waals surface area (Å²) in [5.74, 6) is 0.433. The molecule has 0 aliphatic carbocycles. The van der Waals surface area contributed by atoms with Crippen molar-refractivity contribution >= 4 is 6.03 Å². The van der Waals surface area contributed by atoms with Crippen molar-refractivity contribution in [1.29, 1.82) is 0 Å². The highest BCUT2D eigenvalue weighted by atomic mass is 16.3. The normalized spacial score (nSPS) is 11.5. The van der Waals surface area contributed by atoms with Crippen LogP contribution in [0.15, 0.2) is 0 Å². The van der Waals surface area contributed by atoms with Crippen LogP contribution in [0.1, 0.15) is 27.7 Å². The van der Waals surface area contributed by atoms with E-state index in [4.69, 9.17) is 5.11 Å². The molecular weight excluding hydrogens is 168 g/mol. The van der Waals surface area contributed by atoms with E-state index in [-0.39, 0.29) is 12.6 Å². The fourth-order valence-electron chi connectivity index (χ4n) is 0.688. The van der Waals surface area contributed by atoms with E-state index in [1.54, 1.807) is 13.8 Å². The summed E-state index contributed by atoms with van der Waals surface area (Å²) in [6.45, 7) is 8.16. The monoisotopic (exact) mass is 188 g/mol. The quantitative estimate of drug-likeness (QED) is 0.608. The third-order valence-electron chi connectivity index (χ3n) is 1.52. The van der Waals surface area contributed by atoms with E-state index in [0.29, 0.717) is 12.5 Å². The standard InChI is InChI=1S/C9H20N2O2/c1-7(2)5-10-8(13)11-9(3,4)6-12/h7,12H,5-6H2,1-4H3,(H2,10,11,13). The van der Waals surface area contributed by atoms with Crippen LogP contribution >= 0.6 is 0 Å². The smallest absolute Gasteiger partial charge is 0.315 e. The van der Waals surface area contributed by atoms with Gasteiger partial charge in [-0.1, -0.05) is 13.8 Å². The lowest BCUT2D eigenvalue weighted by atomic mass is 10.1. The number of amides is 2. The summed E-state index contributed by atoms with van der Waals surface area (Å²) >= 11 is 0. The molecule has 4 nitrogen and oxygen atoms in total. The summed E-state index contributed by atoms with van der Waals surface area (Å²) < 4.78 is 0. The molecular formula is C9H20N2O2. The number of aliphatic hydroxyl groups excluding tert-OH is 1. The van der Waals surface area contributed by atoms with Crippen LogP contribution < -0.4 is 10.6 Å². The molecule has 0 aliphatic rings. The van der Waals surface area contributed by atoms with Crippen molar-refractivity contribution in [2.24, 2.45) is 5.92 Å². The van der Waals surface area contributed by atoms with Gasteiger partial charge < -0.3 is 15.7 Å². The molecule has 0 aromatic carbocycles. The van der Waals surface area contributed by atoms with Crippen LogP contribution in [0.2, 0.25) is 0 Å². The van der Waals surface area contributed by atoms with Crippen LogP contribution in [-0.4, -0.2) is 29.8 Å². The average Bonchev–Trinajstić information content (AvgIpc) is 2.00. The molecule has 0 saturated carbocycles. The Hall–Kier alpha value is -0.770. The van der Waals surface area contributed by atoms with Crippen molar-refractivity contribution in [1.82, 2.24) is 10.6 Å². The molecule has 0 bridgehead atoms. The van der Waals surface area contributed by atoms with E-state index in [0.717, 1.165) is 0 Å². The minimum absolute atomic E-state index is 0.0674. The molecule has 78 valence electrons. The maximum Gasteiger partial charge on any atom is 0.315 e. The highest BCUT2D eigenvalue weighted by Gasteiger charge is 2.18. The highest BCUT2D eigenvalue weighted by Crippen LogP contribution is 1.98. The molecule has 0 radical (unpaired) electrons. The molecule has 13 heavy (non-hydrogen) atoms. The molecule has 0 spiro atoms. The zero-order valence-electron chi connectivity index (χ0n) is 8.85. The first-order valence-corrected chi connectivity index (χ1v) is 4.54. The van der Waals surface area contributed by atoms with Crippen molar-refractivity contribution in [3.8, 4) is 0 Å². The Morgan fingerprint density at radius 2 is 2.00 bits per heavy atom. The fourth-order valence-corrected chi connectivity index (χ4v) is 0.688. The maximum absolute atomic E-state index is 11.2. The van der Waals surface area contributed by atoms with Gasteiger partial charge in [-0.2, -0.15) is 0 Å². The van der Waals surface area contributed by atoms with E-state index in [9.17, 15) is 4.79 Å². The van der Waals surface area contributed by atoms with E-state index in [2.05, 4.69) is 10.6 Å². The molecule has 4 heteroatoms. The van der Waals surface area contributed by atoms with Crippen molar-refractivity contribution in [3.05, 3.63) is 0 Å².